The normalized spacial score (nSPS) is 13.2. The van der Waals surface area contributed by atoms with Gasteiger partial charge in [-0.2, -0.15) is 20.5 Å². The Hall–Kier alpha value is -5.74. The average molecular weight is 986 g/mol. The summed E-state index contributed by atoms with van der Waals surface area (Å²) < 4.78 is 0. The van der Waals surface area contributed by atoms with Crippen LogP contribution in [0.1, 0.15) is 70.3 Å². The summed E-state index contributed by atoms with van der Waals surface area (Å²) in [5, 5.41) is 25.4. The number of nitrogens with one attached hydrogen (secondary N) is 4. The van der Waals surface area contributed by atoms with Gasteiger partial charge in [0.1, 0.15) is 11.4 Å². The van der Waals surface area contributed by atoms with Gasteiger partial charge in [0.15, 0.2) is 11.6 Å². The van der Waals surface area contributed by atoms with Crippen LogP contribution in [0.25, 0.3) is 0 Å². The molecule has 0 heterocycles. The van der Waals surface area contributed by atoms with E-state index in [-0.39, 0.29) is 64.7 Å². The van der Waals surface area contributed by atoms with Crippen molar-refractivity contribution in [1.82, 2.24) is 0 Å². The van der Waals surface area contributed by atoms with Crippen LogP contribution in [0.15, 0.2) is 118 Å². The quantitative estimate of drug-likeness (QED) is 0.0430. The molecule has 14 nitrogen and oxygen atoms in total. The highest BCUT2D eigenvalue weighted by atomic mass is 35.5. The van der Waals surface area contributed by atoms with Gasteiger partial charge in [0.2, 0.25) is 12.1 Å². The fraction of sp³-hybridized carbons (Fsp3) is 0.182. The fourth-order valence-electron chi connectivity index (χ4n) is 5.62. The van der Waals surface area contributed by atoms with E-state index >= 15 is 0 Å². The number of nitrogens with zero attached hydrogens (tertiary/aromatic N) is 4. The number of azo groups is 2. The summed E-state index contributed by atoms with van der Waals surface area (Å²) in [6.07, 6.45) is 0. The Bertz CT molecular complexity index is 2530. The number of hydrogen-bond acceptors (Lipinski definition) is 10. The summed E-state index contributed by atoms with van der Waals surface area (Å²) in [5.74, 6) is -4.27. The van der Waals surface area contributed by atoms with Crippen LogP contribution in [0, 0.1) is 0 Å². The summed E-state index contributed by atoms with van der Waals surface area (Å²) in [4.78, 5) is 77.9. The number of benzene rings is 5. The van der Waals surface area contributed by atoms with Crippen molar-refractivity contribution in [3.63, 3.8) is 0 Å². The topological polar surface area (TPSA) is 200 Å². The number of carbonyl (C=O) groups excluding carboxylic acids is 6. The van der Waals surface area contributed by atoms with Gasteiger partial charge in [-0.1, -0.05) is 70.7 Å². The summed E-state index contributed by atoms with van der Waals surface area (Å²) in [5.41, 5.74) is 2.81. The molecule has 4 N–H and O–H groups in total. The van der Waals surface area contributed by atoms with Gasteiger partial charge in [0.05, 0.1) is 42.2 Å². The highest BCUT2D eigenvalue weighted by Gasteiger charge is 2.27. The Morgan fingerprint density at radius 3 is 1.22 bits per heavy atom. The minimum Gasteiger partial charge on any atom is -0.322 e. The van der Waals surface area contributed by atoms with E-state index in [0.717, 1.165) is 25.0 Å². The Labute approximate surface area is 397 Å². The van der Waals surface area contributed by atoms with Crippen LogP contribution >= 0.6 is 69.6 Å². The molecule has 5 rings (SSSR count). The summed E-state index contributed by atoms with van der Waals surface area (Å²) in [6.45, 7) is 5.84. The van der Waals surface area contributed by atoms with Crippen molar-refractivity contribution in [2.24, 2.45) is 20.5 Å². The number of alkyl halides is 2. The molecule has 4 atom stereocenters. The van der Waals surface area contributed by atoms with Gasteiger partial charge in [0, 0.05) is 22.5 Å². The molecule has 0 aliphatic rings. The SMILES string of the molecule is CC(=O)C(N=Nc1cc(C(=O)Nc2cccc(C(C)Cl)c2)ccc1Cl)C(=O)Nc1ccc(NC(=O)C(N=Nc2cc(C(=O)Nc3cccc(C(C)Cl)c3)ccc2Cl)C(C)=O)c(Cl)c1Cl. The third-order valence-electron chi connectivity index (χ3n) is 9.05. The molecule has 0 aliphatic heterocycles. The second-order valence-corrected chi connectivity index (χ2v) is 16.8. The van der Waals surface area contributed by atoms with Crippen LogP contribution in [0.4, 0.5) is 34.1 Å². The Morgan fingerprint density at radius 2 is 0.875 bits per heavy atom. The first-order valence-corrected chi connectivity index (χ1v) is 21.3. The van der Waals surface area contributed by atoms with Gasteiger partial charge >= 0.3 is 0 Å². The van der Waals surface area contributed by atoms with E-state index in [1.165, 1.54) is 48.5 Å². The van der Waals surface area contributed by atoms with Crippen molar-refractivity contribution in [2.75, 3.05) is 21.3 Å². The second-order valence-electron chi connectivity index (χ2n) is 13.9. The van der Waals surface area contributed by atoms with Crippen LogP contribution in [0.3, 0.4) is 0 Å². The predicted molar refractivity (Wildman–Crippen MR) is 252 cm³/mol. The molecule has 20 heteroatoms. The number of anilines is 4. The standard InChI is InChI=1S/C44H36Cl6N8O6/c1-21(45)25-7-5-9-29(17-25)51-41(61)27-11-13-31(47)35(19-27)55-57-39(23(3)59)43(63)53-33-15-16-34(38(50)37(33)49)54-44(64)40(24(4)60)58-56-36-20-28(12-14-32(36)48)42(62)52-30-10-6-8-26(18-30)22(2)46/h5-22,39-40H,1-4H3,(H,51,61)(H,52,62)(H,53,63)(H,54,64). The van der Waals surface area contributed by atoms with Gasteiger partial charge < -0.3 is 21.3 Å². The number of ketones is 2. The third kappa shape index (κ3) is 12.9. The molecule has 0 aliphatic carbocycles. The zero-order valence-corrected chi connectivity index (χ0v) is 38.6. The van der Waals surface area contributed by atoms with Gasteiger partial charge in [-0.15, -0.1) is 23.2 Å². The van der Waals surface area contributed by atoms with Crippen molar-refractivity contribution >= 4 is 139 Å². The van der Waals surface area contributed by atoms with Gasteiger partial charge in [-0.3, -0.25) is 28.8 Å². The lowest BCUT2D eigenvalue weighted by molar-refractivity contribution is -0.127. The molecular formula is C44H36Cl6N8O6. The maximum absolute atomic E-state index is 13.3. The van der Waals surface area contributed by atoms with Crippen molar-refractivity contribution in [2.45, 2.75) is 50.5 Å². The molecule has 0 spiro atoms. The largest absolute Gasteiger partial charge is 0.322 e. The molecule has 5 aromatic carbocycles. The van der Waals surface area contributed by atoms with Crippen LogP contribution < -0.4 is 21.3 Å². The molecule has 64 heavy (non-hydrogen) atoms. The molecule has 0 aromatic heterocycles. The van der Waals surface area contributed by atoms with Crippen LogP contribution in [0.2, 0.25) is 20.1 Å². The molecular weight excluding hydrogens is 949 g/mol. The van der Waals surface area contributed by atoms with Crippen LogP contribution in [-0.2, 0) is 19.2 Å². The number of carbonyl (C=O) groups is 6. The lowest BCUT2D eigenvalue weighted by Crippen LogP contribution is -2.32. The Kier molecular flexibility index (Phi) is 17.1. The molecule has 330 valence electrons. The summed E-state index contributed by atoms with van der Waals surface area (Å²) in [7, 11) is 0. The highest BCUT2D eigenvalue weighted by Crippen LogP contribution is 2.37. The van der Waals surface area contributed by atoms with Crippen LogP contribution in [0.5, 0.6) is 0 Å². The Morgan fingerprint density at radius 1 is 0.500 bits per heavy atom. The molecule has 0 fully saturated rings. The maximum atomic E-state index is 13.3. The monoisotopic (exact) mass is 982 g/mol. The molecule has 0 bridgehead atoms. The second kappa shape index (κ2) is 22.2. The molecule has 0 saturated carbocycles. The van der Waals surface area contributed by atoms with Gasteiger partial charge in [0.25, 0.3) is 23.6 Å². The van der Waals surface area contributed by atoms with Crippen molar-refractivity contribution in [1.29, 1.82) is 0 Å². The van der Waals surface area contributed by atoms with E-state index in [9.17, 15) is 28.8 Å². The summed E-state index contributed by atoms with van der Waals surface area (Å²) in [6, 6.07) is 21.7. The van der Waals surface area contributed by atoms with E-state index in [0.29, 0.717) is 11.4 Å². The van der Waals surface area contributed by atoms with E-state index in [4.69, 9.17) is 69.6 Å². The van der Waals surface area contributed by atoms with E-state index in [1.807, 2.05) is 12.1 Å². The van der Waals surface area contributed by atoms with Gasteiger partial charge in [-0.25, -0.2) is 0 Å². The van der Waals surface area contributed by atoms with E-state index < -0.39 is 47.3 Å². The number of hydrogen-bond donors (Lipinski definition) is 4. The number of halogens is 6. The molecule has 0 radical (unpaired) electrons. The fourth-order valence-corrected chi connectivity index (χ4v) is 6.62. The number of amides is 4. The van der Waals surface area contributed by atoms with Crippen molar-refractivity contribution < 1.29 is 28.8 Å². The first-order chi connectivity index (χ1) is 30.3. The van der Waals surface area contributed by atoms with Gasteiger partial charge in [-0.05, 0) is 112 Å². The predicted octanol–water partition coefficient (Wildman–Crippen LogP) is 12.8. The van der Waals surface area contributed by atoms with Crippen molar-refractivity contribution in [3.05, 3.63) is 139 Å². The first-order valence-electron chi connectivity index (χ1n) is 18.9. The minimum atomic E-state index is -1.69. The lowest BCUT2D eigenvalue weighted by Gasteiger charge is -2.15. The smallest absolute Gasteiger partial charge is 0.258 e. The number of rotatable bonds is 16. The molecule has 0 saturated heterocycles. The van der Waals surface area contributed by atoms with E-state index in [2.05, 4.69) is 41.7 Å². The molecule has 5 aromatic rings. The number of Topliss-reactive ketones (excluding diaryl/α,β-unsaturated/α-hetero) is 2. The van der Waals surface area contributed by atoms with Crippen LogP contribution in [-0.4, -0.2) is 47.3 Å². The summed E-state index contributed by atoms with van der Waals surface area (Å²) >= 11 is 38.0. The zero-order valence-electron chi connectivity index (χ0n) is 34.1. The molecule has 4 unspecified atom stereocenters. The minimum absolute atomic E-state index is 0.000396. The zero-order chi connectivity index (χ0) is 46.8. The lowest BCUT2D eigenvalue weighted by atomic mass is 10.1. The average Bonchev–Trinajstić information content (AvgIpc) is 3.24. The molecule has 4 amide bonds. The maximum Gasteiger partial charge on any atom is 0.258 e. The van der Waals surface area contributed by atoms with E-state index in [1.54, 1.807) is 50.2 Å². The Balaban J connectivity index is 1.26. The first kappa shape index (κ1) is 49.3. The third-order valence-corrected chi connectivity index (χ3v) is 11.1. The van der Waals surface area contributed by atoms with Crippen molar-refractivity contribution in [3.8, 4) is 0 Å². The highest BCUT2D eigenvalue weighted by molar-refractivity contribution is 6.46.